The van der Waals surface area contributed by atoms with Crippen LogP contribution >= 0.6 is 23.2 Å². The van der Waals surface area contributed by atoms with Crippen molar-refractivity contribution in [2.45, 2.75) is 13.0 Å². The highest BCUT2D eigenvalue weighted by Gasteiger charge is 2.17. The molecule has 2 aromatic heterocycles. The van der Waals surface area contributed by atoms with Gasteiger partial charge < -0.3 is 15.9 Å². The number of nitrogens with two attached hydrogens (primary N) is 1. The van der Waals surface area contributed by atoms with Gasteiger partial charge in [0.25, 0.3) is 0 Å². The number of benzene rings is 1. The van der Waals surface area contributed by atoms with Gasteiger partial charge in [-0.2, -0.15) is 0 Å². The van der Waals surface area contributed by atoms with E-state index in [1.807, 2.05) is 12.5 Å². The van der Waals surface area contributed by atoms with Gasteiger partial charge >= 0.3 is 0 Å². The molecule has 0 aliphatic rings. The molecular weight excluding hydrogens is 484 g/mol. The third-order valence-corrected chi connectivity index (χ3v) is 5.65. The molecule has 1 aromatic carbocycles. The highest BCUT2D eigenvalue weighted by atomic mass is 35.5. The van der Waals surface area contributed by atoms with Gasteiger partial charge in [-0.15, -0.1) is 0 Å². The van der Waals surface area contributed by atoms with Crippen molar-refractivity contribution in [1.82, 2.24) is 9.97 Å². The molecule has 3 N–H and O–H groups in total. The Balaban J connectivity index is 1.82. The van der Waals surface area contributed by atoms with Crippen molar-refractivity contribution >= 4 is 56.9 Å². The molecule has 172 valence electrons. The van der Waals surface area contributed by atoms with E-state index in [1.54, 1.807) is 37.3 Å². The Morgan fingerprint density at radius 2 is 1.88 bits per heavy atom. The third-order valence-electron chi connectivity index (χ3n) is 4.50. The first kappa shape index (κ1) is 24.8. The molecule has 1 atom stereocenters. The molecule has 1 unspecified atom stereocenters. The largest absolute Gasteiger partial charge is 0.486 e. The van der Waals surface area contributed by atoms with Gasteiger partial charge in [0.1, 0.15) is 17.7 Å². The lowest BCUT2D eigenvalue weighted by Crippen LogP contribution is -2.07. The zero-order valence-electron chi connectivity index (χ0n) is 18.1. The second-order valence-corrected chi connectivity index (χ2v) is 9.75. The first-order valence-corrected chi connectivity index (χ1v) is 12.5. The van der Waals surface area contributed by atoms with Crippen LogP contribution in [0.25, 0.3) is 5.83 Å². The van der Waals surface area contributed by atoms with Gasteiger partial charge in [-0.3, -0.25) is 4.98 Å². The fourth-order valence-electron chi connectivity index (χ4n) is 2.97. The van der Waals surface area contributed by atoms with Gasteiger partial charge in [0.05, 0.1) is 15.8 Å². The Morgan fingerprint density at radius 1 is 1.18 bits per heavy atom. The molecule has 3 aromatic rings. The van der Waals surface area contributed by atoms with E-state index >= 15 is 0 Å². The normalized spacial score (nSPS) is 12.5. The molecule has 0 bridgehead atoms. The van der Waals surface area contributed by atoms with Crippen LogP contribution in [0, 0.1) is 5.41 Å². The van der Waals surface area contributed by atoms with E-state index in [9.17, 15) is 4.39 Å². The van der Waals surface area contributed by atoms with Crippen molar-refractivity contribution in [3.05, 3.63) is 81.7 Å². The maximum atomic E-state index is 14.8. The maximum Gasteiger partial charge on any atom is 0.158 e. The monoisotopic (exact) mass is 505 g/mol. The molecule has 0 aliphatic carbocycles. The number of nitrogens with zero attached hydrogens (tertiary/aromatic N) is 3. The number of nitrogen functional groups attached to an aromatic ring is 1. The van der Waals surface area contributed by atoms with Crippen LogP contribution in [0.5, 0.6) is 5.75 Å². The summed E-state index contributed by atoms with van der Waals surface area (Å²) in [4.78, 5) is 8.08. The summed E-state index contributed by atoms with van der Waals surface area (Å²) >= 11 is 12.4. The molecule has 0 saturated carbocycles. The Bertz CT molecular complexity index is 1220. The van der Waals surface area contributed by atoms with E-state index in [1.165, 1.54) is 18.6 Å². The number of allylic oxidation sites excluding steroid dienone is 1. The predicted molar refractivity (Wildman–Crippen MR) is 136 cm³/mol. The van der Waals surface area contributed by atoms with Crippen LogP contribution in [0.3, 0.4) is 0 Å². The molecule has 2 heterocycles. The SMILES string of the molecule is CC(Oc1ccc(N)c(C(=N)/C=C(\F)c2ccc(N=S(C)C)nc2)c1)c1c(Cl)cncc1Cl. The predicted octanol–water partition coefficient (Wildman–Crippen LogP) is 6.58. The molecule has 10 heteroatoms. The molecule has 0 aliphatic heterocycles. The summed E-state index contributed by atoms with van der Waals surface area (Å²) in [5.74, 6) is 0.351. The van der Waals surface area contributed by atoms with Crippen molar-refractivity contribution in [1.29, 1.82) is 5.41 Å². The maximum absolute atomic E-state index is 14.8. The van der Waals surface area contributed by atoms with Crippen molar-refractivity contribution in [3.63, 3.8) is 0 Å². The molecule has 0 radical (unpaired) electrons. The van der Waals surface area contributed by atoms with E-state index < -0.39 is 11.9 Å². The minimum absolute atomic E-state index is 0.111. The molecule has 0 fully saturated rings. The Hall–Kier alpha value is -2.81. The highest BCUT2D eigenvalue weighted by molar-refractivity contribution is 7.85. The minimum Gasteiger partial charge on any atom is -0.486 e. The fourth-order valence-corrected chi connectivity index (χ4v) is 4.12. The van der Waals surface area contributed by atoms with E-state index in [2.05, 4.69) is 14.3 Å². The summed E-state index contributed by atoms with van der Waals surface area (Å²) in [5, 5.41) is 9.11. The van der Waals surface area contributed by atoms with Crippen LogP contribution in [-0.2, 0) is 10.7 Å². The zero-order chi connectivity index (χ0) is 24.1. The fraction of sp³-hybridized carbons (Fsp3) is 0.174. The summed E-state index contributed by atoms with van der Waals surface area (Å²) in [7, 11) is -0.166. The summed E-state index contributed by atoms with van der Waals surface area (Å²) in [6, 6.07) is 8.04. The van der Waals surface area contributed by atoms with E-state index in [0.29, 0.717) is 38.4 Å². The second-order valence-electron chi connectivity index (χ2n) is 7.20. The number of hydrogen-bond acceptors (Lipinski definition) is 6. The average molecular weight is 506 g/mol. The van der Waals surface area contributed by atoms with Crippen molar-refractivity contribution < 1.29 is 9.13 Å². The molecule has 33 heavy (non-hydrogen) atoms. The highest BCUT2D eigenvalue weighted by Crippen LogP contribution is 2.33. The molecule has 0 amide bonds. The van der Waals surface area contributed by atoms with Crippen LogP contribution in [0.15, 0.2) is 59.4 Å². The van der Waals surface area contributed by atoms with Gasteiger partial charge in [-0.05, 0) is 49.8 Å². The van der Waals surface area contributed by atoms with Gasteiger partial charge in [0, 0.05) is 47.0 Å². The van der Waals surface area contributed by atoms with Crippen molar-refractivity contribution in [3.8, 4) is 5.75 Å². The first-order chi connectivity index (χ1) is 15.7. The van der Waals surface area contributed by atoms with Gasteiger partial charge in [-0.1, -0.05) is 33.9 Å². The smallest absolute Gasteiger partial charge is 0.158 e. The van der Waals surface area contributed by atoms with Gasteiger partial charge in [-0.25, -0.2) is 13.7 Å². The Kier molecular flexibility index (Phi) is 8.18. The number of pyridine rings is 2. The summed E-state index contributed by atoms with van der Waals surface area (Å²) in [6.07, 6.45) is 8.87. The van der Waals surface area contributed by atoms with Crippen molar-refractivity contribution in [2.75, 3.05) is 18.2 Å². The topological polar surface area (TPSA) is 97.2 Å². The van der Waals surface area contributed by atoms with Crippen molar-refractivity contribution in [2.24, 2.45) is 4.36 Å². The number of ether oxygens (including phenoxy) is 1. The van der Waals surface area contributed by atoms with Crippen LogP contribution in [-0.4, -0.2) is 28.2 Å². The molecule has 0 saturated heterocycles. The van der Waals surface area contributed by atoms with Crippen LogP contribution in [0.4, 0.5) is 15.9 Å². The molecule has 6 nitrogen and oxygen atoms in total. The molecule has 0 spiro atoms. The second kappa shape index (κ2) is 10.9. The number of hydrogen-bond donors (Lipinski definition) is 2. The lowest BCUT2D eigenvalue weighted by molar-refractivity contribution is 0.227. The Labute approximate surface area is 204 Å². The molecular formula is C23H22Cl2FN5OS. The van der Waals surface area contributed by atoms with Gasteiger partial charge in [0.15, 0.2) is 5.82 Å². The van der Waals surface area contributed by atoms with E-state index in [4.69, 9.17) is 39.1 Å². The minimum atomic E-state index is -0.611. The lowest BCUT2D eigenvalue weighted by atomic mass is 10.1. The number of halogens is 3. The summed E-state index contributed by atoms with van der Waals surface area (Å²) < 4.78 is 25.0. The quantitative estimate of drug-likeness (QED) is 0.280. The first-order valence-electron chi connectivity index (χ1n) is 9.72. The Morgan fingerprint density at radius 3 is 2.48 bits per heavy atom. The number of rotatable bonds is 7. The summed E-state index contributed by atoms with van der Waals surface area (Å²) in [6.45, 7) is 1.79. The summed E-state index contributed by atoms with van der Waals surface area (Å²) in [5.41, 5.74) is 7.40. The van der Waals surface area contributed by atoms with Crippen LogP contribution in [0.2, 0.25) is 10.0 Å². The standard InChI is InChI=1S/C23H22Cl2FN5OS/c1-13(23-17(24)11-29-12-18(23)25)32-15-5-6-20(27)16(8-15)21(28)9-19(26)14-4-7-22(30-10-14)31-33(2)3/h4-13,28H,27H2,1-3H3/b19-9-,28-21?. The number of anilines is 1. The van der Waals surface area contributed by atoms with Crippen LogP contribution in [0.1, 0.15) is 29.7 Å². The molecule has 3 rings (SSSR count). The third kappa shape index (κ3) is 6.37. The van der Waals surface area contributed by atoms with E-state index in [-0.39, 0.29) is 22.0 Å². The number of nitrogens with one attached hydrogen (secondary N) is 1. The number of aromatic nitrogens is 2. The lowest BCUT2D eigenvalue weighted by Gasteiger charge is -2.18. The van der Waals surface area contributed by atoms with Gasteiger partial charge in [0.2, 0.25) is 0 Å². The average Bonchev–Trinajstić information content (AvgIpc) is 2.75. The van der Waals surface area contributed by atoms with E-state index in [0.717, 1.165) is 6.08 Å². The zero-order valence-corrected chi connectivity index (χ0v) is 20.5. The van der Waals surface area contributed by atoms with Crippen LogP contribution < -0.4 is 10.5 Å².